The molecule has 0 radical (unpaired) electrons. The maximum atomic E-state index is 14.0. The lowest BCUT2D eigenvalue weighted by Crippen LogP contribution is -2.47. The summed E-state index contributed by atoms with van der Waals surface area (Å²) in [7, 11) is -2.08. The highest BCUT2D eigenvalue weighted by atomic mass is 35.5. The first-order valence-corrected chi connectivity index (χ1v) is 22.5. The lowest BCUT2D eigenvalue weighted by Gasteiger charge is -2.37. The molecule has 1 aromatic heterocycles. The van der Waals surface area contributed by atoms with Crippen LogP contribution in [0.5, 0.6) is 11.5 Å². The van der Waals surface area contributed by atoms with Gasteiger partial charge in [0.25, 0.3) is 15.9 Å². The van der Waals surface area contributed by atoms with Crippen molar-refractivity contribution in [2.45, 2.75) is 62.8 Å². The van der Waals surface area contributed by atoms with Crippen LogP contribution < -0.4 is 19.7 Å². The highest BCUT2D eigenvalue weighted by Crippen LogP contribution is 2.36. The van der Waals surface area contributed by atoms with Crippen LogP contribution in [0.1, 0.15) is 66.9 Å². The molecular formula is C46H53ClN6O4S. The van der Waals surface area contributed by atoms with Crippen LogP contribution in [0.2, 0.25) is 5.02 Å². The molecule has 0 bridgehead atoms. The quantitative estimate of drug-likeness (QED) is 0.115. The summed E-state index contributed by atoms with van der Waals surface area (Å²) in [5.74, 6) is 0.0971. The van der Waals surface area contributed by atoms with E-state index in [1.54, 1.807) is 18.2 Å². The van der Waals surface area contributed by atoms with Crippen LogP contribution >= 0.6 is 11.6 Å². The molecule has 0 spiro atoms. The number of piperidine rings is 1. The Morgan fingerprint density at radius 3 is 2.43 bits per heavy atom. The lowest BCUT2D eigenvalue weighted by atomic mass is 9.87. The van der Waals surface area contributed by atoms with Crippen molar-refractivity contribution in [3.05, 3.63) is 118 Å². The highest BCUT2D eigenvalue weighted by Gasteiger charge is 2.27. The number of aromatic amines is 1. The minimum absolute atomic E-state index is 0.0463. The van der Waals surface area contributed by atoms with Crippen LogP contribution in [-0.4, -0.2) is 88.0 Å². The third-order valence-corrected chi connectivity index (χ3v) is 13.6. The Morgan fingerprint density at radius 2 is 1.66 bits per heavy atom. The number of ether oxygens (including phenoxy) is 1. The zero-order valence-corrected chi connectivity index (χ0v) is 35.0. The first-order valence-electron chi connectivity index (χ1n) is 20.6. The van der Waals surface area contributed by atoms with Gasteiger partial charge in [-0.05, 0) is 142 Å². The first-order chi connectivity index (χ1) is 28.1. The molecule has 4 aromatic carbocycles. The molecule has 0 saturated carbocycles. The maximum absolute atomic E-state index is 14.0. The fourth-order valence-corrected chi connectivity index (χ4v) is 9.74. The minimum atomic E-state index is -4.21. The topological polar surface area (TPSA) is 110 Å². The molecule has 1 amide bonds. The molecule has 304 valence electrons. The standard InChI is InChI=1S/C46H53ClN6O4S/c1-3-32-29-38(16-18-42(32)49-36-20-23-51(2)24-21-36)58(55,56)50-46(54)41-17-15-37(30-45(41)57-44-10-6-9-43-40(44)19-22-48-43)53-27-25-52(26-28-53)31-34-7-4-5-8-39(34)33-11-13-35(47)14-12-33/h6,9-19,22,29-30,36,48-49H,3-5,7-8,20-21,23-28,31H2,1-2H3,(H,50,54). The van der Waals surface area contributed by atoms with E-state index >= 15 is 0 Å². The number of nitrogens with zero attached hydrogens (tertiary/aromatic N) is 3. The summed E-state index contributed by atoms with van der Waals surface area (Å²) in [5, 5.41) is 5.25. The van der Waals surface area contributed by atoms with Crippen LogP contribution in [0.3, 0.4) is 0 Å². The third-order valence-electron chi connectivity index (χ3n) is 12.0. The fourth-order valence-electron chi connectivity index (χ4n) is 8.60. The third kappa shape index (κ3) is 9.08. The van der Waals surface area contributed by atoms with Crippen molar-refractivity contribution >= 4 is 55.4 Å². The molecule has 3 aliphatic rings. The number of hydrogen-bond acceptors (Lipinski definition) is 8. The van der Waals surface area contributed by atoms with Crippen LogP contribution in [0.4, 0.5) is 11.4 Å². The molecule has 2 fully saturated rings. The summed E-state index contributed by atoms with van der Waals surface area (Å²) >= 11 is 6.20. The Bertz CT molecular complexity index is 2400. The van der Waals surface area contributed by atoms with Gasteiger partial charge < -0.3 is 24.8 Å². The van der Waals surface area contributed by atoms with E-state index in [9.17, 15) is 13.2 Å². The summed E-state index contributed by atoms with van der Waals surface area (Å²) in [4.78, 5) is 24.4. The summed E-state index contributed by atoms with van der Waals surface area (Å²) in [6.07, 6.45) is 9.18. The van der Waals surface area contributed by atoms with E-state index in [1.807, 2.05) is 67.7 Å². The Balaban J connectivity index is 1.00. The number of amides is 1. The van der Waals surface area contributed by atoms with Crippen LogP contribution in [-0.2, 0) is 16.4 Å². The average Bonchev–Trinajstić information content (AvgIpc) is 3.73. The average molecular weight is 821 g/mol. The number of likely N-dealkylation sites (tertiary alicyclic amines) is 1. The Morgan fingerprint density at radius 1 is 0.879 bits per heavy atom. The molecule has 3 heterocycles. The van der Waals surface area contributed by atoms with E-state index in [4.69, 9.17) is 16.3 Å². The molecule has 1 aliphatic carbocycles. The number of sulfonamides is 1. The summed E-state index contributed by atoms with van der Waals surface area (Å²) < 4.78 is 36.5. The predicted molar refractivity (Wildman–Crippen MR) is 235 cm³/mol. The van der Waals surface area contributed by atoms with E-state index < -0.39 is 15.9 Å². The largest absolute Gasteiger partial charge is 0.456 e. The van der Waals surface area contributed by atoms with Gasteiger partial charge in [-0.2, -0.15) is 0 Å². The molecule has 12 heteroatoms. The van der Waals surface area contributed by atoms with Gasteiger partial charge in [-0.25, -0.2) is 13.1 Å². The highest BCUT2D eigenvalue weighted by molar-refractivity contribution is 7.90. The molecule has 8 rings (SSSR count). The number of hydrogen-bond donors (Lipinski definition) is 3. The number of allylic oxidation sites excluding steroid dienone is 1. The van der Waals surface area contributed by atoms with Gasteiger partial charge in [0.1, 0.15) is 11.5 Å². The lowest BCUT2D eigenvalue weighted by molar-refractivity contribution is 0.0979. The molecule has 0 atom stereocenters. The van der Waals surface area contributed by atoms with Crippen molar-refractivity contribution in [2.24, 2.45) is 0 Å². The van der Waals surface area contributed by atoms with Crippen molar-refractivity contribution < 1.29 is 17.9 Å². The summed E-state index contributed by atoms with van der Waals surface area (Å²) in [6, 6.07) is 26.7. The smallest absolute Gasteiger partial charge is 0.268 e. The van der Waals surface area contributed by atoms with Gasteiger partial charge in [0.2, 0.25) is 0 Å². The van der Waals surface area contributed by atoms with Crippen LogP contribution in [0.25, 0.3) is 16.5 Å². The van der Waals surface area contributed by atoms with Crippen LogP contribution in [0, 0.1) is 0 Å². The number of benzene rings is 4. The number of nitrogens with one attached hydrogen (secondary N) is 3. The van der Waals surface area contributed by atoms with Crippen molar-refractivity contribution in [3.8, 4) is 11.5 Å². The summed E-state index contributed by atoms with van der Waals surface area (Å²) in [5.41, 5.74) is 8.02. The molecule has 0 unspecified atom stereocenters. The van der Waals surface area contributed by atoms with Gasteiger partial charge in [0.15, 0.2) is 0 Å². The van der Waals surface area contributed by atoms with Crippen molar-refractivity contribution in [2.75, 3.05) is 63.1 Å². The predicted octanol–water partition coefficient (Wildman–Crippen LogP) is 8.95. The second kappa shape index (κ2) is 17.6. The number of carbonyl (C=O) groups is 1. The van der Waals surface area contributed by atoms with Gasteiger partial charge in [0.05, 0.1) is 10.5 Å². The Labute approximate surface area is 347 Å². The number of rotatable bonds is 12. The van der Waals surface area contributed by atoms with Crippen molar-refractivity contribution in [1.82, 2.24) is 19.5 Å². The monoisotopic (exact) mass is 820 g/mol. The molecule has 3 N–H and O–H groups in total. The number of halogens is 1. The second-order valence-electron chi connectivity index (χ2n) is 15.9. The number of fused-ring (bicyclic) bond motifs is 1. The zero-order chi connectivity index (χ0) is 40.2. The molecule has 5 aromatic rings. The molecule has 2 aliphatic heterocycles. The van der Waals surface area contributed by atoms with Crippen LogP contribution in [0.15, 0.2) is 102 Å². The normalized spacial score (nSPS) is 17.5. The van der Waals surface area contributed by atoms with E-state index in [2.05, 4.69) is 48.9 Å². The number of piperazine rings is 1. The number of carbonyl (C=O) groups excluding carboxylic acids is 1. The minimum Gasteiger partial charge on any atom is -0.456 e. The van der Waals surface area contributed by atoms with Gasteiger partial charge in [-0.1, -0.05) is 42.3 Å². The maximum Gasteiger partial charge on any atom is 0.268 e. The second-order valence-corrected chi connectivity index (χ2v) is 18.0. The number of aromatic nitrogens is 1. The SMILES string of the molecule is CCc1cc(S(=O)(=O)NC(=O)c2ccc(N3CCN(CC4=C(c5ccc(Cl)cc5)CCCC4)CC3)cc2Oc2cccc3[nH]ccc23)ccc1NC1CCN(C)CC1. The van der Waals surface area contributed by atoms with E-state index in [0.717, 1.165) is 104 Å². The fraction of sp³-hybridized carbons (Fsp3) is 0.370. The van der Waals surface area contributed by atoms with Crippen molar-refractivity contribution in [1.29, 1.82) is 0 Å². The van der Waals surface area contributed by atoms with Gasteiger partial charge in [-0.3, -0.25) is 9.69 Å². The number of aryl methyl sites for hydroxylation is 1. The number of anilines is 2. The van der Waals surface area contributed by atoms with Gasteiger partial charge in [0, 0.05) is 78.3 Å². The van der Waals surface area contributed by atoms with E-state index in [1.165, 1.54) is 29.6 Å². The number of H-pyrrole nitrogens is 1. The van der Waals surface area contributed by atoms with Crippen molar-refractivity contribution in [3.63, 3.8) is 0 Å². The molecular weight excluding hydrogens is 768 g/mol. The summed E-state index contributed by atoms with van der Waals surface area (Å²) in [6.45, 7) is 8.39. The molecule has 2 saturated heterocycles. The van der Waals surface area contributed by atoms with Gasteiger partial charge in [-0.15, -0.1) is 0 Å². The first kappa shape index (κ1) is 40.0. The Hall–Kier alpha value is -4.81. The molecule has 58 heavy (non-hydrogen) atoms. The molecule has 10 nitrogen and oxygen atoms in total. The zero-order valence-electron chi connectivity index (χ0n) is 33.4. The van der Waals surface area contributed by atoms with Gasteiger partial charge >= 0.3 is 0 Å². The van der Waals surface area contributed by atoms with E-state index in [-0.39, 0.29) is 16.2 Å². The Kier molecular flexibility index (Phi) is 12.1. The van der Waals surface area contributed by atoms with E-state index in [0.29, 0.717) is 18.2 Å².